The Hall–Kier alpha value is -3.39. The van der Waals surface area contributed by atoms with Crippen LogP contribution in [0.5, 0.6) is 0 Å². The van der Waals surface area contributed by atoms with Crippen molar-refractivity contribution in [2.24, 2.45) is 4.99 Å². The summed E-state index contributed by atoms with van der Waals surface area (Å²) in [5.41, 5.74) is 0.872. The number of aromatic nitrogens is 1. The molecule has 4 rings (SSSR count). The number of fused-ring (bicyclic) bond motifs is 2. The second kappa shape index (κ2) is 6.97. The van der Waals surface area contributed by atoms with E-state index in [9.17, 15) is 18.8 Å². The number of rotatable bonds is 4. The Morgan fingerprint density at radius 2 is 1.79 bits per heavy atom. The summed E-state index contributed by atoms with van der Waals surface area (Å²) in [6.45, 7) is 3.44. The molecule has 3 aromatic rings. The topological polar surface area (TPSA) is 71.7 Å². The highest BCUT2D eigenvalue weighted by atomic mass is 32.1. The summed E-state index contributed by atoms with van der Waals surface area (Å²) in [4.78, 5) is 42.5. The van der Waals surface area contributed by atoms with E-state index in [1.165, 1.54) is 6.07 Å². The predicted octanol–water partition coefficient (Wildman–Crippen LogP) is 2.75. The minimum absolute atomic E-state index is 0.264. The molecule has 3 amide bonds. The third-order valence-electron chi connectivity index (χ3n) is 4.36. The summed E-state index contributed by atoms with van der Waals surface area (Å²) in [6.07, 6.45) is 1.58. The summed E-state index contributed by atoms with van der Waals surface area (Å²) in [6, 6.07) is 11.0. The van der Waals surface area contributed by atoms with Gasteiger partial charge in [0, 0.05) is 6.54 Å². The van der Waals surface area contributed by atoms with Gasteiger partial charge in [-0.2, -0.15) is 4.99 Å². The Morgan fingerprint density at radius 3 is 2.43 bits per heavy atom. The summed E-state index contributed by atoms with van der Waals surface area (Å²) >= 11 is 1.15. The van der Waals surface area contributed by atoms with Gasteiger partial charge < -0.3 is 4.57 Å². The van der Waals surface area contributed by atoms with Gasteiger partial charge in [-0.25, -0.2) is 4.39 Å². The van der Waals surface area contributed by atoms with Gasteiger partial charge in [0.25, 0.3) is 17.7 Å². The van der Waals surface area contributed by atoms with Gasteiger partial charge in [0.15, 0.2) is 4.80 Å². The van der Waals surface area contributed by atoms with Crippen molar-refractivity contribution < 1.29 is 18.8 Å². The minimum atomic E-state index is -0.667. The van der Waals surface area contributed by atoms with E-state index in [0.29, 0.717) is 10.2 Å². The van der Waals surface area contributed by atoms with Gasteiger partial charge >= 0.3 is 0 Å². The van der Waals surface area contributed by atoms with Gasteiger partial charge in [0.05, 0.1) is 21.3 Å². The molecule has 2 heterocycles. The average molecular weight is 395 g/mol. The molecule has 28 heavy (non-hydrogen) atoms. The van der Waals surface area contributed by atoms with E-state index >= 15 is 0 Å². The molecule has 0 saturated heterocycles. The lowest BCUT2D eigenvalue weighted by atomic mass is 10.1. The molecule has 1 aliphatic rings. The van der Waals surface area contributed by atoms with Gasteiger partial charge in [-0.1, -0.05) is 35.6 Å². The van der Waals surface area contributed by atoms with Crippen molar-refractivity contribution in [1.82, 2.24) is 9.47 Å². The quantitative estimate of drug-likeness (QED) is 0.504. The van der Waals surface area contributed by atoms with Crippen molar-refractivity contribution in [1.29, 1.82) is 0 Å². The van der Waals surface area contributed by atoms with Crippen LogP contribution in [-0.2, 0) is 11.3 Å². The standard InChI is InChI=1S/C20H14FN3O3S/c1-2-10-23-17-14(21)8-5-9-15(17)28-20(23)22-16(25)11-24-18(26)12-6-3-4-7-13(12)19(24)27/h2-9H,1,10-11H2. The fourth-order valence-corrected chi connectivity index (χ4v) is 4.20. The Balaban J connectivity index is 1.69. The van der Waals surface area contributed by atoms with Gasteiger partial charge in [0.1, 0.15) is 12.4 Å². The van der Waals surface area contributed by atoms with E-state index < -0.39 is 30.1 Å². The molecule has 2 aromatic carbocycles. The fraction of sp³-hybridized carbons (Fsp3) is 0.100. The fourth-order valence-electron chi connectivity index (χ4n) is 3.13. The van der Waals surface area contributed by atoms with Gasteiger partial charge in [0.2, 0.25) is 0 Å². The molecule has 0 bridgehead atoms. The molecule has 1 aliphatic heterocycles. The van der Waals surface area contributed by atoms with Crippen molar-refractivity contribution in [3.05, 3.63) is 76.9 Å². The van der Waals surface area contributed by atoms with Crippen LogP contribution < -0.4 is 4.80 Å². The zero-order valence-corrected chi connectivity index (χ0v) is 15.4. The van der Waals surface area contributed by atoms with E-state index in [-0.39, 0.29) is 22.5 Å². The molecule has 1 aromatic heterocycles. The number of amides is 3. The highest BCUT2D eigenvalue weighted by molar-refractivity contribution is 7.16. The molecule has 0 fully saturated rings. The molecular formula is C20H14FN3O3S. The van der Waals surface area contributed by atoms with Crippen molar-refractivity contribution in [3.63, 3.8) is 0 Å². The monoisotopic (exact) mass is 395 g/mol. The smallest absolute Gasteiger partial charge is 0.268 e. The number of hydrogen-bond donors (Lipinski definition) is 0. The van der Waals surface area contributed by atoms with Gasteiger partial charge in [-0.15, -0.1) is 6.58 Å². The molecule has 8 heteroatoms. The van der Waals surface area contributed by atoms with Crippen molar-refractivity contribution in [2.75, 3.05) is 6.54 Å². The zero-order valence-electron chi connectivity index (χ0n) is 14.6. The summed E-state index contributed by atoms with van der Waals surface area (Å²) in [5, 5.41) is 0. The normalized spacial score (nSPS) is 14.0. The number of para-hydroxylation sites is 1. The molecule has 6 nitrogen and oxygen atoms in total. The van der Waals surface area contributed by atoms with Crippen molar-refractivity contribution in [2.45, 2.75) is 6.54 Å². The largest absolute Gasteiger partial charge is 0.310 e. The maximum absolute atomic E-state index is 14.2. The average Bonchev–Trinajstić information content (AvgIpc) is 3.14. The van der Waals surface area contributed by atoms with E-state index in [2.05, 4.69) is 11.6 Å². The van der Waals surface area contributed by atoms with Crippen LogP contribution >= 0.6 is 11.3 Å². The number of thiazole rings is 1. The Labute approximate surface area is 162 Å². The first-order valence-corrected chi connectivity index (χ1v) is 9.24. The first-order valence-electron chi connectivity index (χ1n) is 8.43. The number of allylic oxidation sites excluding steroid dienone is 1. The van der Waals surface area contributed by atoms with E-state index in [1.54, 1.807) is 47.0 Å². The first kappa shape index (κ1) is 18.0. The second-order valence-corrected chi connectivity index (χ2v) is 7.13. The van der Waals surface area contributed by atoms with Crippen LogP contribution in [-0.4, -0.2) is 33.7 Å². The van der Waals surface area contributed by atoms with Crippen LogP contribution in [0.3, 0.4) is 0 Å². The lowest BCUT2D eigenvalue weighted by molar-refractivity contribution is -0.118. The lowest BCUT2D eigenvalue weighted by Crippen LogP contribution is -2.35. The third kappa shape index (κ3) is 2.87. The van der Waals surface area contributed by atoms with Crippen LogP contribution in [0.25, 0.3) is 10.2 Å². The summed E-state index contributed by atoms with van der Waals surface area (Å²) in [7, 11) is 0. The predicted molar refractivity (Wildman–Crippen MR) is 102 cm³/mol. The molecule has 0 unspecified atom stereocenters. The van der Waals surface area contributed by atoms with E-state index in [1.807, 2.05) is 0 Å². The molecule has 140 valence electrons. The number of hydrogen-bond acceptors (Lipinski definition) is 4. The Bertz CT molecular complexity index is 1190. The zero-order chi connectivity index (χ0) is 19.8. The molecule has 0 aliphatic carbocycles. The number of nitrogens with zero attached hydrogens (tertiary/aromatic N) is 3. The number of imide groups is 1. The molecule has 0 atom stereocenters. The highest BCUT2D eigenvalue weighted by Gasteiger charge is 2.36. The molecule has 0 radical (unpaired) electrons. The maximum Gasteiger partial charge on any atom is 0.268 e. The van der Waals surface area contributed by atoms with Crippen LogP contribution in [0.2, 0.25) is 0 Å². The van der Waals surface area contributed by atoms with Crippen molar-refractivity contribution in [3.8, 4) is 0 Å². The SMILES string of the molecule is C=CCn1c(=NC(=O)CN2C(=O)c3ccccc3C2=O)sc2cccc(F)c21. The van der Waals surface area contributed by atoms with Crippen LogP contribution in [0.15, 0.2) is 60.1 Å². The number of carbonyl (C=O) groups excluding carboxylic acids is 3. The van der Waals surface area contributed by atoms with Gasteiger partial charge in [-0.05, 0) is 24.3 Å². The number of halogens is 1. The minimum Gasteiger partial charge on any atom is -0.310 e. The lowest BCUT2D eigenvalue weighted by Gasteiger charge is -2.10. The first-order chi connectivity index (χ1) is 13.5. The Morgan fingerprint density at radius 1 is 1.11 bits per heavy atom. The van der Waals surface area contributed by atoms with E-state index in [0.717, 1.165) is 16.2 Å². The van der Waals surface area contributed by atoms with Crippen LogP contribution in [0.1, 0.15) is 20.7 Å². The third-order valence-corrected chi connectivity index (χ3v) is 5.40. The second-order valence-electron chi connectivity index (χ2n) is 6.12. The maximum atomic E-state index is 14.2. The van der Waals surface area contributed by atoms with Gasteiger partial charge in [-0.3, -0.25) is 19.3 Å². The summed E-state index contributed by atoms with van der Waals surface area (Å²) < 4.78 is 16.4. The molecule has 0 N–H and O–H groups in total. The van der Waals surface area contributed by atoms with Crippen LogP contribution in [0.4, 0.5) is 4.39 Å². The summed E-state index contributed by atoms with van der Waals surface area (Å²) in [5.74, 6) is -2.14. The Kier molecular flexibility index (Phi) is 4.48. The molecular weight excluding hydrogens is 381 g/mol. The highest BCUT2D eigenvalue weighted by Crippen LogP contribution is 2.23. The molecule has 0 saturated carbocycles. The molecule has 0 spiro atoms. The van der Waals surface area contributed by atoms with Crippen LogP contribution in [0, 0.1) is 5.82 Å². The number of benzene rings is 2. The number of carbonyl (C=O) groups is 3. The van der Waals surface area contributed by atoms with E-state index in [4.69, 9.17) is 0 Å². The van der Waals surface area contributed by atoms with Crippen molar-refractivity contribution >= 4 is 39.3 Å².